The molecule has 2 aromatic heterocycles. The van der Waals surface area contributed by atoms with E-state index >= 15 is 0 Å². The molecule has 3 nitrogen and oxygen atoms in total. The normalized spacial score (nSPS) is 11.2. The Labute approximate surface area is 93.0 Å². The number of hydrogen-bond donors (Lipinski definition) is 1. The van der Waals surface area contributed by atoms with Gasteiger partial charge in [-0.15, -0.1) is 0 Å². The Morgan fingerprint density at radius 2 is 2.33 bits per heavy atom. The Bertz CT molecular complexity index is 431. The molecule has 1 N–H and O–H groups in total. The largest absolute Gasteiger partial charge is 0.374 e. The number of aliphatic hydroxyl groups is 1. The summed E-state index contributed by atoms with van der Waals surface area (Å²) in [4.78, 5) is 0. The molecular formula is C11H14N2OS. The Morgan fingerprint density at radius 3 is 2.80 bits per heavy atom. The molecule has 0 fully saturated rings. The smallest absolute Gasteiger partial charge is 0.136 e. The lowest BCUT2D eigenvalue weighted by Crippen LogP contribution is -2.05. The lowest BCUT2D eigenvalue weighted by Gasteiger charge is -2.05. The van der Waals surface area contributed by atoms with E-state index in [0.29, 0.717) is 5.92 Å². The summed E-state index contributed by atoms with van der Waals surface area (Å²) in [5.74, 6) is 0.372. The monoisotopic (exact) mass is 222 g/mol. The highest BCUT2D eigenvalue weighted by atomic mass is 32.1. The second-order valence-corrected chi connectivity index (χ2v) is 4.54. The van der Waals surface area contributed by atoms with E-state index in [1.807, 2.05) is 17.5 Å². The molecule has 0 aliphatic rings. The minimum Gasteiger partial charge on any atom is -0.374 e. The molecule has 0 spiro atoms. The third kappa shape index (κ3) is 1.96. The third-order valence-electron chi connectivity index (χ3n) is 2.35. The van der Waals surface area contributed by atoms with Crippen LogP contribution in [0.3, 0.4) is 0 Å². The molecule has 0 atom stereocenters. The highest BCUT2D eigenvalue weighted by Crippen LogP contribution is 2.24. The average Bonchev–Trinajstić information content (AvgIpc) is 2.86. The van der Waals surface area contributed by atoms with Gasteiger partial charge >= 0.3 is 0 Å². The second kappa shape index (κ2) is 4.16. The van der Waals surface area contributed by atoms with Crippen LogP contribution >= 0.6 is 11.3 Å². The van der Waals surface area contributed by atoms with Crippen LogP contribution in [-0.4, -0.2) is 14.9 Å². The molecule has 4 heteroatoms. The summed E-state index contributed by atoms with van der Waals surface area (Å²) >= 11 is 1.65. The zero-order valence-corrected chi connectivity index (χ0v) is 9.66. The SMILES string of the molecule is CC(C)c1cc(-c2ccsc2)nn1CO. The topological polar surface area (TPSA) is 38.0 Å². The summed E-state index contributed by atoms with van der Waals surface area (Å²) in [6.45, 7) is 4.14. The molecular weight excluding hydrogens is 208 g/mol. The first kappa shape index (κ1) is 10.4. The third-order valence-corrected chi connectivity index (χ3v) is 3.04. The molecule has 0 radical (unpaired) electrons. The van der Waals surface area contributed by atoms with Crippen LogP contribution in [0.4, 0.5) is 0 Å². The van der Waals surface area contributed by atoms with Gasteiger partial charge in [-0.05, 0) is 23.4 Å². The van der Waals surface area contributed by atoms with Gasteiger partial charge in [0.25, 0.3) is 0 Å². The lowest BCUT2D eigenvalue weighted by molar-refractivity contribution is 0.190. The predicted octanol–water partition coefficient (Wildman–Crippen LogP) is 2.68. The van der Waals surface area contributed by atoms with Crippen LogP contribution in [0.25, 0.3) is 11.3 Å². The minimum absolute atomic E-state index is 0.0579. The van der Waals surface area contributed by atoms with E-state index in [-0.39, 0.29) is 6.73 Å². The van der Waals surface area contributed by atoms with E-state index < -0.39 is 0 Å². The maximum atomic E-state index is 9.18. The van der Waals surface area contributed by atoms with Gasteiger partial charge in [0.2, 0.25) is 0 Å². The molecule has 0 bridgehead atoms. The van der Waals surface area contributed by atoms with Crippen LogP contribution in [0.1, 0.15) is 25.5 Å². The quantitative estimate of drug-likeness (QED) is 0.867. The fraction of sp³-hybridized carbons (Fsp3) is 0.364. The fourth-order valence-electron chi connectivity index (χ4n) is 1.56. The summed E-state index contributed by atoms with van der Waals surface area (Å²) in [6, 6.07) is 4.09. The van der Waals surface area contributed by atoms with Gasteiger partial charge in [0, 0.05) is 16.6 Å². The van der Waals surface area contributed by atoms with Crippen molar-refractivity contribution in [3.8, 4) is 11.3 Å². The number of nitrogens with zero attached hydrogens (tertiary/aromatic N) is 2. The van der Waals surface area contributed by atoms with Crippen LogP contribution < -0.4 is 0 Å². The van der Waals surface area contributed by atoms with Crippen LogP contribution in [0.2, 0.25) is 0 Å². The molecule has 15 heavy (non-hydrogen) atoms. The van der Waals surface area contributed by atoms with Gasteiger partial charge in [-0.2, -0.15) is 16.4 Å². The predicted molar refractivity (Wildman–Crippen MR) is 61.8 cm³/mol. The van der Waals surface area contributed by atoms with E-state index in [4.69, 9.17) is 0 Å². The highest BCUT2D eigenvalue weighted by Gasteiger charge is 2.11. The maximum Gasteiger partial charge on any atom is 0.136 e. The van der Waals surface area contributed by atoms with Crippen LogP contribution in [0.15, 0.2) is 22.9 Å². The molecule has 0 unspecified atom stereocenters. The van der Waals surface area contributed by atoms with Crippen molar-refractivity contribution in [2.75, 3.05) is 0 Å². The van der Waals surface area contributed by atoms with Gasteiger partial charge in [-0.1, -0.05) is 13.8 Å². The molecule has 0 saturated heterocycles. The van der Waals surface area contributed by atoms with E-state index in [0.717, 1.165) is 17.0 Å². The van der Waals surface area contributed by atoms with Gasteiger partial charge < -0.3 is 5.11 Å². The number of thiophene rings is 1. The van der Waals surface area contributed by atoms with Crippen LogP contribution in [0.5, 0.6) is 0 Å². The summed E-state index contributed by atoms with van der Waals surface area (Å²) in [6.07, 6.45) is 0. The van der Waals surface area contributed by atoms with Crippen LogP contribution in [0, 0.1) is 0 Å². The zero-order chi connectivity index (χ0) is 10.8. The molecule has 0 amide bonds. The van der Waals surface area contributed by atoms with Gasteiger partial charge in [-0.3, -0.25) is 0 Å². The van der Waals surface area contributed by atoms with E-state index in [1.165, 1.54) is 0 Å². The Morgan fingerprint density at radius 1 is 1.53 bits per heavy atom. The standard InChI is InChI=1S/C11H14N2OS/c1-8(2)11-5-10(12-13(11)7-14)9-3-4-15-6-9/h3-6,8,14H,7H2,1-2H3. The van der Waals surface area contributed by atoms with Crippen LogP contribution in [-0.2, 0) is 6.73 Å². The number of rotatable bonds is 3. The Balaban J connectivity index is 2.43. The lowest BCUT2D eigenvalue weighted by atomic mass is 10.1. The maximum absolute atomic E-state index is 9.18. The summed E-state index contributed by atoms with van der Waals surface area (Å²) in [5.41, 5.74) is 3.13. The summed E-state index contributed by atoms with van der Waals surface area (Å²) in [7, 11) is 0. The number of aliphatic hydroxyl groups excluding tert-OH is 1. The number of hydrogen-bond acceptors (Lipinski definition) is 3. The Kier molecular flexibility index (Phi) is 2.88. The van der Waals surface area contributed by atoms with E-state index in [9.17, 15) is 5.11 Å². The average molecular weight is 222 g/mol. The van der Waals surface area contributed by atoms with Crippen molar-refractivity contribution < 1.29 is 5.11 Å². The summed E-state index contributed by atoms with van der Waals surface area (Å²) in [5, 5.41) is 17.6. The van der Waals surface area contributed by atoms with Crippen molar-refractivity contribution in [1.29, 1.82) is 0 Å². The zero-order valence-electron chi connectivity index (χ0n) is 8.84. The molecule has 2 heterocycles. The molecule has 0 aliphatic carbocycles. The van der Waals surface area contributed by atoms with Gasteiger partial charge in [-0.25, -0.2) is 4.68 Å². The van der Waals surface area contributed by atoms with Crippen molar-refractivity contribution in [3.05, 3.63) is 28.6 Å². The van der Waals surface area contributed by atoms with Gasteiger partial charge in [0.15, 0.2) is 0 Å². The molecule has 2 aromatic rings. The second-order valence-electron chi connectivity index (χ2n) is 3.76. The molecule has 0 aromatic carbocycles. The van der Waals surface area contributed by atoms with Crippen molar-refractivity contribution in [1.82, 2.24) is 9.78 Å². The molecule has 2 rings (SSSR count). The fourth-order valence-corrected chi connectivity index (χ4v) is 2.21. The van der Waals surface area contributed by atoms with Crippen molar-refractivity contribution >= 4 is 11.3 Å². The first-order valence-corrected chi connectivity index (χ1v) is 5.88. The first-order chi connectivity index (χ1) is 7.22. The van der Waals surface area contributed by atoms with E-state index in [1.54, 1.807) is 16.0 Å². The Hall–Kier alpha value is -1.13. The molecule has 80 valence electrons. The van der Waals surface area contributed by atoms with Gasteiger partial charge in [0.1, 0.15) is 6.73 Å². The molecule has 0 saturated carbocycles. The highest BCUT2D eigenvalue weighted by molar-refractivity contribution is 7.08. The minimum atomic E-state index is -0.0579. The number of aromatic nitrogens is 2. The molecule has 0 aliphatic heterocycles. The van der Waals surface area contributed by atoms with E-state index in [2.05, 4.69) is 24.3 Å². The van der Waals surface area contributed by atoms with Crippen molar-refractivity contribution in [2.24, 2.45) is 0 Å². The first-order valence-electron chi connectivity index (χ1n) is 4.93. The summed E-state index contributed by atoms with van der Waals surface area (Å²) < 4.78 is 1.65. The van der Waals surface area contributed by atoms with Crippen molar-refractivity contribution in [2.45, 2.75) is 26.5 Å². The van der Waals surface area contributed by atoms with Crippen molar-refractivity contribution in [3.63, 3.8) is 0 Å². The van der Waals surface area contributed by atoms with Gasteiger partial charge in [0.05, 0.1) is 5.69 Å².